The number of benzene rings is 2. The highest BCUT2D eigenvalue weighted by Crippen LogP contribution is 2.42. The third kappa shape index (κ3) is 4.36. The molecule has 2 aromatic carbocycles. The summed E-state index contributed by atoms with van der Waals surface area (Å²) < 4.78 is 13.3. The lowest BCUT2D eigenvalue weighted by molar-refractivity contribution is 0.0996. The molecule has 2 heterocycles. The Kier molecular flexibility index (Phi) is 6.21. The number of furan rings is 1. The number of aryl methyl sites for hydroxylation is 1. The fourth-order valence-corrected chi connectivity index (χ4v) is 4.76. The number of nitrogens with zero attached hydrogens (tertiary/aromatic N) is 2. The Hall–Kier alpha value is -3.80. The Morgan fingerprint density at radius 1 is 1.09 bits per heavy atom. The van der Waals surface area contributed by atoms with Gasteiger partial charge in [0.15, 0.2) is 5.76 Å². The molecule has 0 radical (unpaired) electrons. The van der Waals surface area contributed by atoms with E-state index in [2.05, 4.69) is 41.1 Å². The fraction of sp³-hybridized carbons (Fsp3) is 0.286. The van der Waals surface area contributed by atoms with E-state index in [1.165, 1.54) is 31.1 Å². The molecular weight excluding hydrogens is 426 g/mol. The van der Waals surface area contributed by atoms with Gasteiger partial charge in [0, 0.05) is 22.9 Å². The summed E-state index contributed by atoms with van der Waals surface area (Å²) in [6.07, 6.45) is 9.45. The summed E-state index contributed by atoms with van der Waals surface area (Å²) in [5.74, 6) is 0.715. The van der Waals surface area contributed by atoms with E-state index >= 15 is 0 Å². The van der Waals surface area contributed by atoms with Gasteiger partial charge in [0.05, 0.1) is 31.1 Å². The fourth-order valence-electron chi connectivity index (χ4n) is 4.76. The average Bonchev–Trinajstić information content (AvgIpc) is 3.56. The number of imidazole rings is 1. The van der Waals surface area contributed by atoms with Crippen molar-refractivity contribution in [1.82, 2.24) is 9.55 Å². The highest BCUT2D eigenvalue weighted by Gasteiger charge is 2.25. The van der Waals surface area contributed by atoms with E-state index < -0.39 is 0 Å². The molecule has 0 unspecified atom stereocenters. The van der Waals surface area contributed by atoms with Crippen LogP contribution in [-0.4, -0.2) is 22.6 Å². The lowest BCUT2D eigenvalue weighted by atomic mass is 9.94. The normalized spacial score (nSPS) is 14.2. The molecule has 4 aromatic rings. The minimum Gasteiger partial charge on any atom is -0.496 e. The maximum atomic E-state index is 12.6. The molecule has 0 bridgehead atoms. The van der Waals surface area contributed by atoms with Crippen LogP contribution in [0.3, 0.4) is 0 Å². The van der Waals surface area contributed by atoms with Gasteiger partial charge in [-0.2, -0.15) is 0 Å². The van der Waals surface area contributed by atoms with Gasteiger partial charge in [-0.05, 0) is 50.1 Å². The standard InChI is InChI=1S/C28H29N3O3/c1-19-10-12-20(13-11-19)26-27(31(18-29-26)22-7-4-3-5-8-22)23-17-21(14-15-24(23)33-2)30-28(32)25-9-6-16-34-25/h6,9-18,22H,3-5,7-8H2,1-2H3,(H,30,32). The molecule has 0 atom stereocenters. The van der Waals surface area contributed by atoms with Gasteiger partial charge in [-0.1, -0.05) is 49.1 Å². The molecule has 34 heavy (non-hydrogen) atoms. The SMILES string of the molecule is COc1ccc(NC(=O)c2ccco2)cc1-c1c(-c2ccc(C)cc2)ncn1C1CCCCC1. The molecule has 2 aromatic heterocycles. The van der Waals surface area contributed by atoms with Crippen molar-refractivity contribution in [2.75, 3.05) is 12.4 Å². The second kappa shape index (κ2) is 9.59. The maximum Gasteiger partial charge on any atom is 0.291 e. The van der Waals surface area contributed by atoms with Gasteiger partial charge in [-0.15, -0.1) is 0 Å². The molecule has 174 valence electrons. The van der Waals surface area contributed by atoms with Crippen molar-refractivity contribution >= 4 is 11.6 Å². The predicted octanol–water partition coefficient (Wildman–Crippen LogP) is 6.88. The van der Waals surface area contributed by atoms with Crippen LogP contribution >= 0.6 is 0 Å². The van der Waals surface area contributed by atoms with Gasteiger partial charge in [0.2, 0.25) is 0 Å². The molecule has 6 heteroatoms. The van der Waals surface area contributed by atoms with E-state index in [0.29, 0.717) is 11.7 Å². The predicted molar refractivity (Wildman–Crippen MR) is 133 cm³/mol. The quantitative estimate of drug-likeness (QED) is 0.344. The van der Waals surface area contributed by atoms with Crippen molar-refractivity contribution in [1.29, 1.82) is 0 Å². The van der Waals surface area contributed by atoms with Crippen LogP contribution in [0, 0.1) is 6.92 Å². The van der Waals surface area contributed by atoms with Crippen molar-refractivity contribution < 1.29 is 13.9 Å². The number of hydrogen-bond donors (Lipinski definition) is 1. The number of nitrogens with one attached hydrogen (secondary N) is 1. The van der Waals surface area contributed by atoms with Gasteiger partial charge in [0.25, 0.3) is 5.91 Å². The van der Waals surface area contributed by atoms with Crippen LogP contribution in [0.2, 0.25) is 0 Å². The summed E-state index contributed by atoms with van der Waals surface area (Å²) in [6, 6.07) is 17.9. The van der Waals surface area contributed by atoms with E-state index in [1.54, 1.807) is 19.2 Å². The molecular formula is C28H29N3O3. The smallest absolute Gasteiger partial charge is 0.291 e. The van der Waals surface area contributed by atoms with Crippen LogP contribution in [0.4, 0.5) is 5.69 Å². The number of aromatic nitrogens is 2. The molecule has 1 aliphatic carbocycles. The summed E-state index contributed by atoms with van der Waals surface area (Å²) in [7, 11) is 1.67. The minimum atomic E-state index is -0.291. The van der Waals surface area contributed by atoms with Crippen molar-refractivity contribution in [2.45, 2.75) is 45.1 Å². The van der Waals surface area contributed by atoms with Gasteiger partial charge in [-0.25, -0.2) is 4.98 Å². The number of anilines is 1. The Morgan fingerprint density at radius 2 is 1.88 bits per heavy atom. The van der Waals surface area contributed by atoms with E-state index in [9.17, 15) is 4.79 Å². The zero-order valence-corrected chi connectivity index (χ0v) is 19.6. The molecule has 6 nitrogen and oxygen atoms in total. The third-order valence-corrected chi connectivity index (χ3v) is 6.54. The number of methoxy groups -OCH3 is 1. The molecule has 0 spiro atoms. The molecule has 1 N–H and O–H groups in total. The first-order valence-electron chi connectivity index (χ1n) is 11.8. The van der Waals surface area contributed by atoms with Crippen LogP contribution in [0.5, 0.6) is 5.75 Å². The number of hydrogen-bond acceptors (Lipinski definition) is 4. The number of carbonyl (C=O) groups is 1. The van der Waals surface area contributed by atoms with Crippen LogP contribution in [0.15, 0.2) is 71.6 Å². The highest BCUT2D eigenvalue weighted by atomic mass is 16.5. The topological polar surface area (TPSA) is 69.3 Å². The minimum absolute atomic E-state index is 0.268. The zero-order chi connectivity index (χ0) is 23.5. The number of amides is 1. The largest absolute Gasteiger partial charge is 0.496 e. The first-order valence-corrected chi connectivity index (χ1v) is 11.8. The van der Waals surface area contributed by atoms with Crippen molar-refractivity contribution in [2.24, 2.45) is 0 Å². The van der Waals surface area contributed by atoms with Gasteiger partial charge in [0.1, 0.15) is 5.75 Å². The first-order chi connectivity index (χ1) is 16.6. The number of carbonyl (C=O) groups excluding carboxylic acids is 1. The second-order valence-corrected chi connectivity index (χ2v) is 8.85. The zero-order valence-electron chi connectivity index (χ0n) is 19.6. The molecule has 0 saturated heterocycles. The highest BCUT2D eigenvalue weighted by molar-refractivity contribution is 6.02. The lowest BCUT2D eigenvalue weighted by Gasteiger charge is -2.26. The van der Waals surface area contributed by atoms with Crippen LogP contribution in [0.25, 0.3) is 22.5 Å². The monoisotopic (exact) mass is 455 g/mol. The summed E-state index contributed by atoms with van der Waals surface area (Å²) in [5.41, 5.74) is 5.77. The van der Waals surface area contributed by atoms with Crippen molar-refractivity contribution in [3.63, 3.8) is 0 Å². The Morgan fingerprint density at radius 3 is 2.59 bits per heavy atom. The Bertz CT molecular complexity index is 1270. The van der Waals surface area contributed by atoms with Crippen LogP contribution < -0.4 is 10.1 Å². The third-order valence-electron chi connectivity index (χ3n) is 6.54. The van der Waals surface area contributed by atoms with Crippen molar-refractivity contribution in [3.05, 3.63) is 78.5 Å². The van der Waals surface area contributed by atoms with Gasteiger partial charge < -0.3 is 19.0 Å². The molecule has 1 fully saturated rings. The van der Waals surface area contributed by atoms with Crippen molar-refractivity contribution in [3.8, 4) is 28.3 Å². The molecule has 5 rings (SSSR count). The molecule has 1 saturated carbocycles. The maximum absolute atomic E-state index is 12.6. The Labute approximate surface area is 199 Å². The van der Waals surface area contributed by atoms with Gasteiger partial charge in [-0.3, -0.25) is 4.79 Å². The summed E-state index contributed by atoms with van der Waals surface area (Å²) >= 11 is 0. The second-order valence-electron chi connectivity index (χ2n) is 8.85. The van der Waals surface area contributed by atoms with Crippen LogP contribution in [0.1, 0.15) is 54.3 Å². The lowest BCUT2D eigenvalue weighted by Crippen LogP contribution is -2.14. The van der Waals surface area contributed by atoms with E-state index in [1.807, 2.05) is 24.5 Å². The summed E-state index contributed by atoms with van der Waals surface area (Å²) in [4.78, 5) is 17.5. The van der Waals surface area contributed by atoms with Gasteiger partial charge >= 0.3 is 0 Å². The Balaban J connectivity index is 1.62. The molecule has 1 aliphatic rings. The van der Waals surface area contributed by atoms with E-state index in [4.69, 9.17) is 14.1 Å². The first kappa shape index (κ1) is 22.0. The summed E-state index contributed by atoms with van der Waals surface area (Å²) in [5, 5.41) is 2.95. The van der Waals surface area contributed by atoms with E-state index in [-0.39, 0.29) is 11.7 Å². The molecule has 0 aliphatic heterocycles. The molecule has 1 amide bonds. The number of rotatable bonds is 6. The average molecular weight is 456 g/mol. The summed E-state index contributed by atoms with van der Waals surface area (Å²) in [6.45, 7) is 2.08. The van der Waals surface area contributed by atoms with Crippen LogP contribution in [-0.2, 0) is 0 Å². The number of ether oxygens (including phenoxy) is 1. The van der Waals surface area contributed by atoms with E-state index in [0.717, 1.165) is 41.1 Å².